The molecule has 3 heteroatoms. The summed E-state index contributed by atoms with van der Waals surface area (Å²) < 4.78 is 6.36. The smallest absolute Gasteiger partial charge is 0.0935 e. The zero-order chi connectivity index (χ0) is 13.8. The maximum absolute atomic E-state index is 5.16. The molecule has 1 aromatic heterocycles. The molecule has 0 bridgehead atoms. The van der Waals surface area contributed by atoms with Crippen LogP contribution in [0.2, 0.25) is 0 Å². The van der Waals surface area contributed by atoms with Gasteiger partial charge < -0.3 is 9.73 Å². The van der Waals surface area contributed by atoms with Crippen molar-refractivity contribution in [2.75, 3.05) is 6.54 Å². The van der Waals surface area contributed by atoms with E-state index in [0.29, 0.717) is 6.04 Å². The fourth-order valence-electron chi connectivity index (χ4n) is 2.38. The summed E-state index contributed by atoms with van der Waals surface area (Å²) >= 11 is 3.63. The van der Waals surface area contributed by atoms with Crippen LogP contribution < -0.4 is 5.32 Å². The molecule has 0 aliphatic rings. The van der Waals surface area contributed by atoms with Gasteiger partial charge in [0.15, 0.2) is 0 Å². The summed E-state index contributed by atoms with van der Waals surface area (Å²) in [4.78, 5) is 0. The first-order valence-corrected chi connectivity index (χ1v) is 7.42. The van der Waals surface area contributed by atoms with Crippen molar-refractivity contribution < 1.29 is 4.42 Å². The first-order valence-electron chi connectivity index (χ1n) is 6.63. The average Bonchev–Trinajstić information content (AvgIpc) is 2.88. The van der Waals surface area contributed by atoms with E-state index in [0.717, 1.165) is 13.0 Å². The minimum Gasteiger partial charge on any atom is -0.472 e. The third-order valence-electron chi connectivity index (χ3n) is 3.33. The van der Waals surface area contributed by atoms with Gasteiger partial charge in [-0.15, -0.1) is 0 Å². The first-order chi connectivity index (χ1) is 9.11. The molecule has 0 fully saturated rings. The number of hydrogen-bond donors (Lipinski definition) is 1. The Labute approximate surface area is 123 Å². The predicted molar refractivity (Wildman–Crippen MR) is 82.4 cm³/mol. The highest BCUT2D eigenvalue weighted by Gasteiger charge is 2.14. The van der Waals surface area contributed by atoms with E-state index in [9.17, 15) is 0 Å². The average molecular weight is 322 g/mol. The van der Waals surface area contributed by atoms with E-state index >= 15 is 0 Å². The number of likely N-dealkylation sites (N-methyl/N-ethyl adjacent to an activating group) is 1. The van der Waals surface area contributed by atoms with Crippen LogP contribution in [0.3, 0.4) is 0 Å². The van der Waals surface area contributed by atoms with E-state index in [1.807, 2.05) is 12.3 Å². The van der Waals surface area contributed by atoms with Crippen LogP contribution in [0.15, 0.2) is 39.6 Å². The Balaban J connectivity index is 2.28. The van der Waals surface area contributed by atoms with Crippen LogP contribution >= 0.6 is 15.9 Å². The third-order valence-corrected chi connectivity index (χ3v) is 4.58. The molecule has 0 saturated carbocycles. The maximum atomic E-state index is 5.16. The summed E-state index contributed by atoms with van der Waals surface area (Å²) in [5.74, 6) is 0. The molecule has 2 aromatic rings. The summed E-state index contributed by atoms with van der Waals surface area (Å²) in [6, 6.07) is 6.87. The maximum Gasteiger partial charge on any atom is 0.0935 e. The lowest BCUT2D eigenvalue weighted by Gasteiger charge is -2.19. The number of furan rings is 1. The van der Waals surface area contributed by atoms with Crippen LogP contribution in [-0.2, 0) is 6.42 Å². The lowest BCUT2D eigenvalue weighted by atomic mass is 9.97. The van der Waals surface area contributed by atoms with Crippen LogP contribution in [0.25, 0.3) is 0 Å². The number of nitrogens with one attached hydrogen (secondary N) is 1. The molecular formula is C16H20BrNO. The van der Waals surface area contributed by atoms with Gasteiger partial charge in [0.1, 0.15) is 0 Å². The normalized spacial score (nSPS) is 12.6. The van der Waals surface area contributed by atoms with Gasteiger partial charge >= 0.3 is 0 Å². The Morgan fingerprint density at radius 2 is 1.95 bits per heavy atom. The van der Waals surface area contributed by atoms with Crippen molar-refractivity contribution in [3.63, 3.8) is 0 Å². The van der Waals surface area contributed by atoms with E-state index in [1.165, 1.54) is 26.7 Å². The van der Waals surface area contributed by atoms with Gasteiger partial charge in [-0.25, -0.2) is 0 Å². The van der Waals surface area contributed by atoms with Gasteiger partial charge in [0.2, 0.25) is 0 Å². The van der Waals surface area contributed by atoms with E-state index in [4.69, 9.17) is 4.42 Å². The van der Waals surface area contributed by atoms with E-state index in [1.54, 1.807) is 6.26 Å². The van der Waals surface area contributed by atoms with Gasteiger partial charge in [-0.1, -0.05) is 35.0 Å². The van der Waals surface area contributed by atoms with Crippen molar-refractivity contribution in [2.24, 2.45) is 0 Å². The largest absolute Gasteiger partial charge is 0.472 e. The highest BCUT2D eigenvalue weighted by atomic mass is 79.9. The molecule has 2 nitrogen and oxygen atoms in total. The Morgan fingerprint density at radius 1 is 1.26 bits per heavy atom. The Bertz CT molecular complexity index is 511. The minimum absolute atomic E-state index is 0.327. The molecule has 1 unspecified atom stereocenters. The van der Waals surface area contributed by atoms with Crippen molar-refractivity contribution in [3.8, 4) is 0 Å². The summed E-state index contributed by atoms with van der Waals surface area (Å²) in [5.41, 5.74) is 5.13. The third kappa shape index (κ3) is 3.48. The molecule has 1 aromatic carbocycles. The van der Waals surface area contributed by atoms with Crippen LogP contribution in [0.1, 0.15) is 35.2 Å². The number of hydrogen-bond acceptors (Lipinski definition) is 2. The highest BCUT2D eigenvalue weighted by Crippen LogP contribution is 2.27. The molecule has 102 valence electrons. The predicted octanol–water partition coefficient (Wildman–Crippen LogP) is 4.55. The fraction of sp³-hybridized carbons (Fsp3) is 0.375. The number of benzene rings is 1. The van der Waals surface area contributed by atoms with Gasteiger partial charge in [-0.05, 0) is 55.1 Å². The Kier molecular flexibility index (Phi) is 4.83. The molecule has 0 aliphatic heterocycles. The van der Waals surface area contributed by atoms with Crippen LogP contribution in [0, 0.1) is 13.8 Å². The zero-order valence-electron chi connectivity index (χ0n) is 11.7. The van der Waals surface area contributed by atoms with Crippen LogP contribution in [-0.4, -0.2) is 6.54 Å². The topological polar surface area (TPSA) is 25.2 Å². The minimum atomic E-state index is 0.327. The summed E-state index contributed by atoms with van der Waals surface area (Å²) in [5, 5.41) is 3.55. The second kappa shape index (κ2) is 6.40. The van der Waals surface area contributed by atoms with E-state index in [-0.39, 0.29) is 0 Å². The van der Waals surface area contributed by atoms with Gasteiger partial charge in [-0.2, -0.15) is 0 Å². The molecule has 0 radical (unpaired) electrons. The monoisotopic (exact) mass is 321 g/mol. The number of rotatable bonds is 5. The molecule has 0 aliphatic carbocycles. The lowest BCUT2D eigenvalue weighted by molar-refractivity contribution is 0.534. The van der Waals surface area contributed by atoms with E-state index < -0.39 is 0 Å². The van der Waals surface area contributed by atoms with E-state index in [2.05, 4.69) is 54.2 Å². The Morgan fingerprint density at radius 3 is 2.47 bits per heavy atom. The van der Waals surface area contributed by atoms with Gasteiger partial charge in [0.25, 0.3) is 0 Å². The zero-order valence-corrected chi connectivity index (χ0v) is 13.3. The van der Waals surface area contributed by atoms with Crippen molar-refractivity contribution in [1.82, 2.24) is 5.32 Å². The summed E-state index contributed by atoms with van der Waals surface area (Å²) in [6.45, 7) is 7.38. The highest BCUT2D eigenvalue weighted by molar-refractivity contribution is 9.10. The van der Waals surface area contributed by atoms with Crippen molar-refractivity contribution in [2.45, 2.75) is 33.2 Å². The van der Waals surface area contributed by atoms with Gasteiger partial charge in [-0.3, -0.25) is 0 Å². The van der Waals surface area contributed by atoms with Crippen molar-refractivity contribution >= 4 is 15.9 Å². The Hall–Kier alpha value is -1.06. The molecule has 1 heterocycles. The van der Waals surface area contributed by atoms with Crippen LogP contribution in [0.5, 0.6) is 0 Å². The standard InChI is InChI=1S/C16H20BrNO/c1-4-18-15(9-13-5-6-19-10-13)14-7-11(2)16(17)12(3)8-14/h5-8,10,15,18H,4,9H2,1-3H3. The van der Waals surface area contributed by atoms with Crippen LogP contribution in [0.4, 0.5) is 0 Å². The molecule has 0 amide bonds. The lowest BCUT2D eigenvalue weighted by Crippen LogP contribution is -2.23. The molecule has 2 rings (SSSR count). The first kappa shape index (κ1) is 14.4. The summed E-state index contributed by atoms with van der Waals surface area (Å²) in [6.07, 6.45) is 4.50. The molecule has 0 spiro atoms. The molecule has 1 N–H and O–H groups in total. The van der Waals surface area contributed by atoms with Crippen molar-refractivity contribution in [1.29, 1.82) is 0 Å². The number of aryl methyl sites for hydroxylation is 2. The molecule has 1 atom stereocenters. The number of halogens is 1. The molecular weight excluding hydrogens is 302 g/mol. The molecule has 0 saturated heterocycles. The second-order valence-electron chi connectivity index (χ2n) is 4.91. The molecule has 19 heavy (non-hydrogen) atoms. The fourth-order valence-corrected chi connectivity index (χ4v) is 2.61. The SMILES string of the molecule is CCNC(Cc1ccoc1)c1cc(C)c(Br)c(C)c1. The van der Waals surface area contributed by atoms with Crippen molar-refractivity contribution in [3.05, 3.63) is 57.5 Å². The summed E-state index contributed by atoms with van der Waals surface area (Å²) in [7, 11) is 0. The van der Waals surface area contributed by atoms with Gasteiger partial charge in [0.05, 0.1) is 12.5 Å². The second-order valence-corrected chi connectivity index (χ2v) is 5.71. The quantitative estimate of drug-likeness (QED) is 0.873. The van der Waals surface area contributed by atoms with Gasteiger partial charge in [0, 0.05) is 10.5 Å².